The van der Waals surface area contributed by atoms with Crippen molar-refractivity contribution in [2.24, 2.45) is 0 Å². The second-order valence-electron chi connectivity index (χ2n) is 5.99. The first kappa shape index (κ1) is 16.7. The minimum Gasteiger partial charge on any atom is -0.335 e. The van der Waals surface area contributed by atoms with E-state index in [2.05, 4.69) is 27.7 Å². The average Bonchev–Trinajstić information content (AvgIpc) is 3.38. The highest BCUT2D eigenvalue weighted by Crippen LogP contribution is 2.35. The smallest absolute Gasteiger partial charge is 0.224 e. The predicted octanol–water partition coefficient (Wildman–Crippen LogP) is 4.48. The van der Waals surface area contributed by atoms with E-state index < -0.39 is 0 Å². The number of amides is 1. The van der Waals surface area contributed by atoms with Gasteiger partial charge in [0.15, 0.2) is 10.6 Å². The Morgan fingerprint density at radius 2 is 2.16 bits per heavy atom. The van der Waals surface area contributed by atoms with E-state index in [1.54, 1.807) is 22.7 Å². The quantitative estimate of drug-likeness (QED) is 0.653. The predicted molar refractivity (Wildman–Crippen MR) is 103 cm³/mol. The molecular formula is C17H18N4OS3. The van der Waals surface area contributed by atoms with Crippen molar-refractivity contribution in [2.75, 3.05) is 6.54 Å². The number of nitrogens with one attached hydrogen (secondary N) is 1. The van der Waals surface area contributed by atoms with Crippen LogP contribution >= 0.6 is 34.9 Å². The molecule has 0 bridgehead atoms. The molecule has 1 amide bonds. The van der Waals surface area contributed by atoms with E-state index >= 15 is 0 Å². The van der Waals surface area contributed by atoms with E-state index in [9.17, 15) is 4.79 Å². The maximum absolute atomic E-state index is 12.8. The van der Waals surface area contributed by atoms with E-state index in [-0.39, 0.29) is 11.9 Å². The van der Waals surface area contributed by atoms with Crippen LogP contribution in [0.5, 0.6) is 0 Å². The zero-order valence-corrected chi connectivity index (χ0v) is 16.0. The van der Waals surface area contributed by atoms with E-state index in [0.29, 0.717) is 17.7 Å². The molecule has 0 radical (unpaired) electrons. The fraction of sp³-hybridized carbons (Fsp3) is 0.353. The molecule has 1 N–H and O–H groups in total. The van der Waals surface area contributed by atoms with Gasteiger partial charge in [-0.05, 0) is 48.0 Å². The number of thiophene rings is 2. The van der Waals surface area contributed by atoms with Crippen LogP contribution in [0.25, 0.3) is 10.7 Å². The number of nitrogens with zero attached hydrogens (tertiary/aromatic N) is 3. The lowest BCUT2D eigenvalue weighted by molar-refractivity contribution is -0.132. The maximum Gasteiger partial charge on any atom is 0.224 e. The lowest BCUT2D eigenvalue weighted by Crippen LogP contribution is -2.30. The minimum atomic E-state index is 0.191. The molecule has 25 heavy (non-hydrogen) atoms. The van der Waals surface area contributed by atoms with Gasteiger partial charge in [-0.25, -0.2) is 0 Å². The Morgan fingerprint density at radius 1 is 1.32 bits per heavy atom. The van der Waals surface area contributed by atoms with Crippen LogP contribution in [0.15, 0.2) is 35.0 Å². The largest absolute Gasteiger partial charge is 0.335 e. The first-order valence-electron chi connectivity index (χ1n) is 8.26. The second kappa shape index (κ2) is 7.23. The molecule has 3 aromatic rings. The molecule has 0 spiro atoms. The number of likely N-dealkylation sites (tertiary alicyclic amines) is 1. The monoisotopic (exact) mass is 390 g/mol. The Morgan fingerprint density at radius 3 is 2.92 bits per heavy atom. The van der Waals surface area contributed by atoms with Crippen LogP contribution < -0.4 is 0 Å². The molecule has 8 heteroatoms. The van der Waals surface area contributed by atoms with Crippen molar-refractivity contribution in [3.05, 3.63) is 44.7 Å². The number of aromatic amines is 1. The van der Waals surface area contributed by atoms with E-state index in [1.807, 2.05) is 27.0 Å². The van der Waals surface area contributed by atoms with Gasteiger partial charge in [0.1, 0.15) is 0 Å². The third-order valence-electron chi connectivity index (χ3n) is 4.49. The second-order valence-corrected chi connectivity index (χ2v) is 8.31. The Bertz CT molecular complexity index is 895. The van der Waals surface area contributed by atoms with Crippen molar-refractivity contribution in [3.8, 4) is 10.7 Å². The van der Waals surface area contributed by atoms with Gasteiger partial charge >= 0.3 is 0 Å². The van der Waals surface area contributed by atoms with Gasteiger partial charge in [-0.15, -0.1) is 22.7 Å². The highest BCUT2D eigenvalue weighted by Gasteiger charge is 2.30. The van der Waals surface area contributed by atoms with Gasteiger partial charge in [-0.2, -0.15) is 5.10 Å². The van der Waals surface area contributed by atoms with Crippen LogP contribution in [-0.2, 0) is 11.3 Å². The van der Waals surface area contributed by atoms with Crippen molar-refractivity contribution < 1.29 is 4.79 Å². The summed E-state index contributed by atoms with van der Waals surface area (Å²) < 4.78 is 2.49. The standard InChI is InChI=1S/C17H18N4OS3/c22-15(20-8-1-4-12(20)13-5-2-10-24-13)7-9-21-16(18-19-17(21)23)14-6-3-11-25-14/h2-3,5-6,10-12H,1,4,7-9H2,(H,19,23). The summed E-state index contributed by atoms with van der Waals surface area (Å²) in [6.07, 6.45) is 2.56. The Labute approximate surface area is 158 Å². The van der Waals surface area contributed by atoms with E-state index in [1.165, 1.54) is 4.88 Å². The highest BCUT2D eigenvalue weighted by molar-refractivity contribution is 7.71. The molecule has 5 nitrogen and oxygen atoms in total. The highest BCUT2D eigenvalue weighted by atomic mass is 32.1. The third kappa shape index (κ3) is 3.33. The van der Waals surface area contributed by atoms with Gasteiger partial charge in [0.05, 0.1) is 10.9 Å². The molecule has 1 unspecified atom stereocenters. The minimum absolute atomic E-state index is 0.191. The molecule has 1 aliphatic rings. The summed E-state index contributed by atoms with van der Waals surface area (Å²) in [6.45, 7) is 1.39. The Balaban J connectivity index is 1.48. The van der Waals surface area contributed by atoms with Crippen LogP contribution in [0.3, 0.4) is 0 Å². The van der Waals surface area contributed by atoms with Gasteiger partial charge in [0, 0.05) is 24.4 Å². The molecule has 4 heterocycles. The molecule has 130 valence electrons. The van der Waals surface area contributed by atoms with Gasteiger partial charge < -0.3 is 4.90 Å². The summed E-state index contributed by atoms with van der Waals surface area (Å²) in [5.74, 6) is 1.00. The molecule has 4 rings (SSSR count). The SMILES string of the molecule is O=C(CCn1c(-c2cccs2)n[nH]c1=S)N1CCCC1c1cccs1. The van der Waals surface area contributed by atoms with Crippen molar-refractivity contribution in [1.29, 1.82) is 0 Å². The number of hydrogen-bond acceptors (Lipinski definition) is 5. The number of carbonyl (C=O) groups is 1. The first-order chi connectivity index (χ1) is 12.2. The number of rotatable bonds is 5. The number of H-pyrrole nitrogens is 1. The van der Waals surface area contributed by atoms with Crippen LogP contribution in [0.4, 0.5) is 0 Å². The van der Waals surface area contributed by atoms with Crippen LogP contribution in [0.1, 0.15) is 30.2 Å². The lowest BCUT2D eigenvalue weighted by Gasteiger charge is -2.24. The van der Waals surface area contributed by atoms with E-state index in [0.717, 1.165) is 30.1 Å². The molecule has 1 atom stereocenters. The van der Waals surface area contributed by atoms with Crippen molar-refractivity contribution in [2.45, 2.75) is 31.8 Å². The maximum atomic E-state index is 12.8. The summed E-state index contributed by atoms with van der Waals surface area (Å²) in [7, 11) is 0. The summed E-state index contributed by atoms with van der Waals surface area (Å²) >= 11 is 8.70. The van der Waals surface area contributed by atoms with Crippen LogP contribution in [0.2, 0.25) is 0 Å². The summed E-state index contributed by atoms with van der Waals surface area (Å²) in [5, 5.41) is 11.3. The fourth-order valence-corrected chi connectivity index (χ4v) is 5.13. The topological polar surface area (TPSA) is 53.9 Å². The first-order valence-corrected chi connectivity index (χ1v) is 10.4. The Kier molecular flexibility index (Phi) is 4.82. The van der Waals surface area contributed by atoms with Crippen molar-refractivity contribution in [3.63, 3.8) is 0 Å². The number of carbonyl (C=O) groups excluding carboxylic acids is 1. The molecule has 0 aromatic carbocycles. The Hall–Kier alpha value is -1.77. The summed E-state index contributed by atoms with van der Waals surface area (Å²) in [6, 6.07) is 8.42. The molecule has 1 fully saturated rings. The fourth-order valence-electron chi connectivity index (χ4n) is 3.31. The van der Waals surface area contributed by atoms with E-state index in [4.69, 9.17) is 12.2 Å². The van der Waals surface area contributed by atoms with Crippen LogP contribution in [-0.4, -0.2) is 32.1 Å². The third-order valence-corrected chi connectivity index (χ3v) is 6.64. The molecule has 0 saturated carbocycles. The van der Waals surface area contributed by atoms with Gasteiger partial charge in [0.2, 0.25) is 5.91 Å². The number of hydrogen-bond donors (Lipinski definition) is 1. The number of aromatic nitrogens is 3. The molecule has 1 aliphatic heterocycles. The molecule has 3 aromatic heterocycles. The zero-order chi connectivity index (χ0) is 17.2. The molecule has 0 aliphatic carbocycles. The molecular weight excluding hydrogens is 372 g/mol. The molecule has 1 saturated heterocycles. The normalized spacial score (nSPS) is 17.3. The van der Waals surface area contributed by atoms with Crippen LogP contribution in [0, 0.1) is 4.77 Å². The van der Waals surface area contributed by atoms with Crippen molar-refractivity contribution in [1.82, 2.24) is 19.7 Å². The lowest BCUT2D eigenvalue weighted by atomic mass is 10.2. The summed E-state index contributed by atoms with van der Waals surface area (Å²) in [4.78, 5) is 17.2. The summed E-state index contributed by atoms with van der Waals surface area (Å²) in [5.41, 5.74) is 0. The average molecular weight is 391 g/mol. The van der Waals surface area contributed by atoms with Gasteiger partial charge in [0.25, 0.3) is 0 Å². The van der Waals surface area contributed by atoms with Gasteiger partial charge in [-0.3, -0.25) is 14.5 Å². The van der Waals surface area contributed by atoms with Gasteiger partial charge in [-0.1, -0.05) is 12.1 Å². The van der Waals surface area contributed by atoms with Crippen molar-refractivity contribution >= 4 is 40.8 Å². The zero-order valence-electron chi connectivity index (χ0n) is 13.6.